The second-order valence-corrected chi connectivity index (χ2v) is 9.42. The standard InChI is InChI=1S/C28H31NO6/c1-32-25(30)14-11-19-9-5-6-10-20(19)15-21-23-12-13-24(35-23)26(21)27-29-22(17-33-27)28(31)34-16-18-7-3-2-4-8-18/h2-10,21-24,26H,11-17H2,1H3/t21-,22?,23+,24+,26-/m0/s1. The summed E-state index contributed by atoms with van der Waals surface area (Å²) >= 11 is 0. The molecule has 0 aliphatic carbocycles. The first-order valence-corrected chi connectivity index (χ1v) is 12.3. The second kappa shape index (κ2) is 10.6. The largest absolute Gasteiger partial charge is 0.478 e. The van der Waals surface area contributed by atoms with E-state index in [-0.39, 0.29) is 49.2 Å². The number of esters is 2. The van der Waals surface area contributed by atoms with Gasteiger partial charge in [-0.05, 0) is 42.4 Å². The molecule has 3 aliphatic rings. The molecule has 0 amide bonds. The van der Waals surface area contributed by atoms with Crippen LogP contribution in [0.5, 0.6) is 0 Å². The molecule has 2 saturated heterocycles. The Bertz CT molecular complexity index is 1080. The minimum atomic E-state index is -0.638. The van der Waals surface area contributed by atoms with Crippen molar-refractivity contribution in [1.82, 2.24) is 0 Å². The highest BCUT2D eigenvalue weighted by molar-refractivity contribution is 5.87. The van der Waals surface area contributed by atoms with E-state index < -0.39 is 6.04 Å². The van der Waals surface area contributed by atoms with E-state index in [2.05, 4.69) is 17.1 Å². The maximum absolute atomic E-state index is 12.6. The summed E-state index contributed by atoms with van der Waals surface area (Å²) in [7, 11) is 1.42. The summed E-state index contributed by atoms with van der Waals surface area (Å²) in [6.07, 6.45) is 4.01. The number of carbonyl (C=O) groups is 2. The average molecular weight is 478 g/mol. The summed E-state index contributed by atoms with van der Waals surface area (Å²) in [6, 6.07) is 17.2. The summed E-state index contributed by atoms with van der Waals surface area (Å²) in [5, 5.41) is 0. The molecule has 3 heterocycles. The van der Waals surface area contributed by atoms with Gasteiger partial charge in [0, 0.05) is 12.3 Å². The molecule has 1 unspecified atom stereocenters. The summed E-state index contributed by atoms with van der Waals surface area (Å²) in [6.45, 7) is 0.433. The molecule has 0 aromatic heterocycles. The van der Waals surface area contributed by atoms with Gasteiger partial charge < -0.3 is 18.9 Å². The Kier molecular flexibility index (Phi) is 7.13. The highest BCUT2D eigenvalue weighted by Crippen LogP contribution is 2.46. The number of benzene rings is 2. The Morgan fingerprint density at radius 1 is 1.00 bits per heavy atom. The maximum Gasteiger partial charge on any atom is 0.334 e. The number of carbonyl (C=O) groups excluding carboxylic acids is 2. The van der Waals surface area contributed by atoms with Crippen molar-refractivity contribution in [3.8, 4) is 0 Å². The van der Waals surface area contributed by atoms with Gasteiger partial charge in [-0.3, -0.25) is 4.79 Å². The van der Waals surface area contributed by atoms with Crippen LogP contribution in [0.3, 0.4) is 0 Å². The molecule has 2 aromatic carbocycles. The number of ether oxygens (including phenoxy) is 4. The fourth-order valence-electron chi connectivity index (χ4n) is 5.49. The highest BCUT2D eigenvalue weighted by Gasteiger charge is 2.53. The first kappa shape index (κ1) is 23.5. The van der Waals surface area contributed by atoms with Crippen LogP contribution >= 0.6 is 0 Å². The Morgan fingerprint density at radius 2 is 1.74 bits per heavy atom. The molecule has 2 fully saturated rings. The molecule has 184 valence electrons. The van der Waals surface area contributed by atoms with E-state index in [0.29, 0.717) is 18.7 Å². The summed E-state index contributed by atoms with van der Waals surface area (Å²) in [5.41, 5.74) is 3.30. The van der Waals surface area contributed by atoms with Crippen LogP contribution in [0.25, 0.3) is 0 Å². The van der Waals surface area contributed by atoms with Gasteiger partial charge in [-0.2, -0.15) is 0 Å². The van der Waals surface area contributed by atoms with Gasteiger partial charge in [0.2, 0.25) is 0 Å². The van der Waals surface area contributed by atoms with Crippen LogP contribution in [0.4, 0.5) is 0 Å². The molecule has 2 aromatic rings. The number of aryl methyl sites for hydroxylation is 1. The Labute approximate surface area is 205 Å². The van der Waals surface area contributed by atoms with Crippen molar-refractivity contribution < 1.29 is 28.5 Å². The quantitative estimate of drug-likeness (QED) is 0.513. The van der Waals surface area contributed by atoms with Gasteiger partial charge in [0.1, 0.15) is 13.2 Å². The number of hydrogen-bond donors (Lipinski definition) is 0. The van der Waals surface area contributed by atoms with Crippen molar-refractivity contribution >= 4 is 17.8 Å². The average Bonchev–Trinajstić information content (AvgIpc) is 3.64. The molecule has 7 nitrogen and oxygen atoms in total. The molecule has 2 bridgehead atoms. The van der Waals surface area contributed by atoms with Crippen LogP contribution in [0.15, 0.2) is 59.6 Å². The predicted molar refractivity (Wildman–Crippen MR) is 129 cm³/mol. The van der Waals surface area contributed by atoms with E-state index in [0.717, 1.165) is 30.4 Å². The minimum absolute atomic E-state index is 0.0225. The van der Waals surface area contributed by atoms with Crippen LogP contribution in [0.1, 0.15) is 36.0 Å². The lowest BCUT2D eigenvalue weighted by Gasteiger charge is -2.28. The third-order valence-corrected chi connectivity index (χ3v) is 7.28. The maximum atomic E-state index is 12.6. The Hall–Kier alpha value is -3.19. The number of methoxy groups -OCH3 is 1. The second-order valence-electron chi connectivity index (χ2n) is 9.42. The highest BCUT2D eigenvalue weighted by atomic mass is 16.5. The molecule has 5 atom stereocenters. The van der Waals surface area contributed by atoms with Crippen molar-refractivity contribution in [3.63, 3.8) is 0 Å². The molecule has 0 spiro atoms. The number of aliphatic imine (C=N–C) groups is 1. The summed E-state index contributed by atoms with van der Waals surface area (Å²) in [5.74, 6) is 0.286. The Balaban J connectivity index is 1.27. The smallest absolute Gasteiger partial charge is 0.334 e. The zero-order chi connectivity index (χ0) is 24.2. The lowest BCUT2D eigenvalue weighted by molar-refractivity contribution is -0.146. The van der Waals surface area contributed by atoms with Crippen molar-refractivity contribution in [3.05, 3.63) is 71.3 Å². The molecular weight excluding hydrogens is 446 g/mol. The van der Waals surface area contributed by atoms with Gasteiger partial charge in [-0.25, -0.2) is 9.79 Å². The monoisotopic (exact) mass is 477 g/mol. The van der Waals surface area contributed by atoms with Crippen LogP contribution in [-0.2, 0) is 48.0 Å². The van der Waals surface area contributed by atoms with E-state index in [1.54, 1.807) is 0 Å². The predicted octanol–water partition coefficient (Wildman–Crippen LogP) is 3.67. The Morgan fingerprint density at radius 3 is 2.54 bits per heavy atom. The van der Waals surface area contributed by atoms with Crippen LogP contribution in [0.2, 0.25) is 0 Å². The first-order valence-electron chi connectivity index (χ1n) is 12.3. The SMILES string of the molecule is COC(=O)CCc1ccccc1C[C@@H]1[C@H](C2=NC(C(=O)OCc3ccccc3)CO2)[C@H]2CC[C@H]1O2. The van der Waals surface area contributed by atoms with Gasteiger partial charge in [0.25, 0.3) is 0 Å². The van der Waals surface area contributed by atoms with E-state index in [1.165, 1.54) is 12.7 Å². The summed E-state index contributed by atoms with van der Waals surface area (Å²) in [4.78, 5) is 29.0. The van der Waals surface area contributed by atoms with Gasteiger partial charge in [0.15, 0.2) is 11.9 Å². The van der Waals surface area contributed by atoms with Crippen LogP contribution in [0, 0.1) is 11.8 Å². The third-order valence-electron chi connectivity index (χ3n) is 7.28. The molecule has 35 heavy (non-hydrogen) atoms. The van der Waals surface area contributed by atoms with Crippen molar-refractivity contribution in [2.24, 2.45) is 16.8 Å². The van der Waals surface area contributed by atoms with E-state index in [1.807, 2.05) is 42.5 Å². The molecule has 0 N–H and O–H groups in total. The van der Waals surface area contributed by atoms with Crippen molar-refractivity contribution in [2.45, 2.75) is 57.0 Å². The van der Waals surface area contributed by atoms with Crippen LogP contribution < -0.4 is 0 Å². The summed E-state index contributed by atoms with van der Waals surface area (Å²) < 4.78 is 22.6. The molecule has 5 rings (SSSR count). The lowest BCUT2D eigenvalue weighted by Crippen LogP contribution is -2.35. The zero-order valence-corrected chi connectivity index (χ0v) is 19.9. The first-order chi connectivity index (χ1) is 17.1. The lowest BCUT2D eigenvalue weighted by atomic mass is 9.75. The van der Waals surface area contributed by atoms with Crippen molar-refractivity contribution in [1.29, 1.82) is 0 Å². The fraction of sp³-hybridized carbons (Fsp3) is 0.464. The third kappa shape index (κ3) is 5.25. The zero-order valence-electron chi connectivity index (χ0n) is 19.9. The number of rotatable bonds is 9. The number of nitrogens with zero attached hydrogens (tertiary/aromatic N) is 1. The van der Waals surface area contributed by atoms with Crippen LogP contribution in [-0.4, -0.2) is 49.8 Å². The van der Waals surface area contributed by atoms with Gasteiger partial charge in [-0.15, -0.1) is 0 Å². The van der Waals surface area contributed by atoms with Gasteiger partial charge >= 0.3 is 11.9 Å². The normalized spacial score (nSPS) is 26.8. The number of fused-ring (bicyclic) bond motifs is 2. The topological polar surface area (TPSA) is 83.4 Å². The van der Waals surface area contributed by atoms with E-state index in [9.17, 15) is 9.59 Å². The molecular formula is C28H31NO6. The molecule has 3 aliphatic heterocycles. The molecule has 0 radical (unpaired) electrons. The van der Waals surface area contributed by atoms with Crippen molar-refractivity contribution in [2.75, 3.05) is 13.7 Å². The molecule has 0 saturated carbocycles. The fourth-order valence-corrected chi connectivity index (χ4v) is 5.49. The molecule has 7 heteroatoms. The van der Waals surface area contributed by atoms with E-state index in [4.69, 9.17) is 18.9 Å². The van der Waals surface area contributed by atoms with Gasteiger partial charge in [0.05, 0.1) is 25.2 Å². The number of hydrogen-bond acceptors (Lipinski definition) is 7. The minimum Gasteiger partial charge on any atom is -0.478 e. The van der Waals surface area contributed by atoms with E-state index >= 15 is 0 Å². The van der Waals surface area contributed by atoms with Gasteiger partial charge in [-0.1, -0.05) is 54.6 Å².